The van der Waals surface area contributed by atoms with Gasteiger partial charge in [-0.15, -0.1) is 0 Å². The molecule has 0 aliphatic heterocycles. The number of aromatic nitrogens is 2. The molecule has 0 atom stereocenters. The molecule has 0 aliphatic carbocycles. The molecule has 0 spiro atoms. The van der Waals surface area contributed by atoms with Crippen LogP contribution in [-0.2, 0) is 7.05 Å². The van der Waals surface area contributed by atoms with E-state index in [4.69, 9.17) is 4.98 Å². The summed E-state index contributed by atoms with van der Waals surface area (Å²) in [5.41, 5.74) is 5.73. The Morgan fingerprint density at radius 3 is 1.98 bits per heavy atom. The van der Waals surface area contributed by atoms with Gasteiger partial charge in [-0.1, -0.05) is 128 Å². The largest absolute Gasteiger partial charge is 0.327 e. The van der Waals surface area contributed by atoms with E-state index in [0.29, 0.717) is 0 Å². The number of benzene rings is 7. The van der Waals surface area contributed by atoms with Crippen molar-refractivity contribution in [2.75, 3.05) is 0 Å². The van der Waals surface area contributed by atoms with Crippen LogP contribution in [0, 0.1) is 0 Å². The quantitative estimate of drug-likeness (QED) is 0.127. The van der Waals surface area contributed by atoms with E-state index < -0.39 is 0 Å². The molecule has 1 heterocycles. The van der Waals surface area contributed by atoms with E-state index in [-0.39, 0.29) is 0 Å². The third-order valence-electron chi connectivity index (χ3n) is 8.08. The molecule has 8 rings (SSSR count). The molecule has 0 aliphatic rings. The van der Waals surface area contributed by atoms with Crippen molar-refractivity contribution in [2.24, 2.45) is 7.05 Å². The molecule has 41 heavy (non-hydrogen) atoms. The van der Waals surface area contributed by atoms with Gasteiger partial charge in [-0.25, -0.2) is 4.98 Å². The first-order chi connectivity index (χ1) is 20.2. The van der Waals surface area contributed by atoms with Crippen LogP contribution in [0.3, 0.4) is 0 Å². The van der Waals surface area contributed by atoms with Gasteiger partial charge in [-0.3, -0.25) is 0 Å². The summed E-state index contributed by atoms with van der Waals surface area (Å²) in [4.78, 5) is 5.03. The van der Waals surface area contributed by atoms with Crippen LogP contribution in [-0.4, -0.2) is 9.55 Å². The van der Waals surface area contributed by atoms with Crippen molar-refractivity contribution in [3.63, 3.8) is 0 Å². The molecule has 0 unspecified atom stereocenters. The van der Waals surface area contributed by atoms with Crippen molar-refractivity contribution in [1.82, 2.24) is 9.55 Å². The van der Waals surface area contributed by atoms with Crippen LogP contribution in [0.2, 0.25) is 0 Å². The van der Waals surface area contributed by atoms with Gasteiger partial charge in [0.1, 0.15) is 5.82 Å². The minimum Gasteiger partial charge on any atom is -0.327 e. The summed E-state index contributed by atoms with van der Waals surface area (Å²) in [6, 6.07) is 41.7. The van der Waals surface area contributed by atoms with Gasteiger partial charge < -0.3 is 4.57 Å². The summed E-state index contributed by atoms with van der Waals surface area (Å²) < 4.78 is 2.18. The molecule has 0 radical (unpaired) electrons. The number of fused-ring (bicyclic) bond motifs is 3. The Bertz CT molecular complexity index is 2180. The summed E-state index contributed by atoms with van der Waals surface area (Å²) in [5, 5.41) is 10.6. The van der Waals surface area contributed by atoms with Crippen molar-refractivity contribution in [2.45, 2.75) is 6.92 Å². The lowest BCUT2D eigenvalue weighted by Crippen LogP contribution is -1.92. The van der Waals surface area contributed by atoms with Crippen molar-refractivity contribution in [3.05, 3.63) is 140 Å². The molecule has 0 saturated carbocycles. The standard InChI is InChI=1S/C34H22N2.C5H8/c1-36-31-19-16-23(20-30(31)35-34(36)22-8-3-2-4-9-22)24-17-18-29-27-13-6-11-21-10-5-12-26(32(21)27)28-15-7-14-25(24)33(28)29;1-3-5-4-2/h2-20H,1H3;3-5H,1H2,2H3/b;5-4-. The van der Waals surface area contributed by atoms with Gasteiger partial charge in [0.15, 0.2) is 0 Å². The van der Waals surface area contributed by atoms with E-state index >= 15 is 0 Å². The molecular formula is C39H30N2. The number of nitrogens with zero attached hydrogens (tertiary/aromatic N) is 2. The third kappa shape index (κ3) is 3.99. The van der Waals surface area contributed by atoms with E-state index in [1.807, 2.05) is 25.1 Å². The molecule has 196 valence electrons. The highest BCUT2D eigenvalue weighted by Gasteiger charge is 2.16. The zero-order valence-corrected chi connectivity index (χ0v) is 23.3. The molecule has 1 aromatic heterocycles. The highest BCUT2D eigenvalue weighted by molar-refractivity contribution is 6.34. The topological polar surface area (TPSA) is 17.8 Å². The summed E-state index contributed by atoms with van der Waals surface area (Å²) in [6.07, 6.45) is 5.58. The lowest BCUT2D eigenvalue weighted by molar-refractivity contribution is 0.959. The SMILES string of the molecule is C=C/C=C\C.Cn1c(-c2ccccc2)nc2cc(-c3ccc4c5cccc6cccc(c7cccc3c74)c65)ccc21. The van der Waals surface area contributed by atoms with E-state index in [1.165, 1.54) is 54.2 Å². The lowest BCUT2D eigenvalue weighted by atomic mass is 9.87. The Hall–Kier alpha value is -5.21. The predicted molar refractivity (Wildman–Crippen MR) is 178 cm³/mol. The lowest BCUT2D eigenvalue weighted by Gasteiger charge is -2.16. The monoisotopic (exact) mass is 526 g/mol. The molecule has 0 fully saturated rings. The van der Waals surface area contributed by atoms with Gasteiger partial charge >= 0.3 is 0 Å². The Balaban J connectivity index is 0.000000512. The smallest absolute Gasteiger partial charge is 0.140 e. The Morgan fingerprint density at radius 1 is 0.634 bits per heavy atom. The molecule has 2 heteroatoms. The molecule has 2 nitrogen and oxygen atoms in total. The van der Waals surface area contributed by atoms with E-state index in [1.54, 1.807) is 6.08 Å². The van der Waals surface area contributed by atoms with Gasteiger partial charge in [0.25, 0.3) is 0 Å². The van der Waals surface area contributed by atoms with Crippen molar-refractivity contribution < 1.29 is 0 Å². The number of hydrogen-bond donors (Lipinski definition) is 0. The maximum Gasteiger partial charge on any atom is 0.140 e. The van der Waals surface area contributed by atoms with Crippen LogP contribution in [0.4, 0.5) is 0 Å². The second-order valence-corrected chi connectivity index (χ2v) is 10.4. The molecule has 0 N–H and O–H groups in total. The summed E-state index contributed by atoms with van der Waals surface area (Å²) in [6.45, 7) is 5.42. The molecule has 7 aromatic carbocycles. The fourth-order valence-corrected chi connectivity index (χ4v) is 6.25. The van der Waals surface area contributed by atoms with Crippen LogP contribution >= 0.6 is 0 Å². The molecule has 8 aromatic rings. The first-order valence-electron chi connectivity index (χ1n) is 14.0. The van der Waals surface area contributed by atoms with Crippen molar-refractivity contribution >= 4 is 54.1 Å². The highest BCUT2D eigenvalue weighted by atomic mass is 15.1. The van der Waals surface area contributed by atoms with Gasteiger partial charge in [0.05, 0.1) is 11.0 Å². The third-order valence-corrected chi connectivity index (χ3v) is 8.08. The maximum absolute atomic E-state index is 5.03. The minimum atomic E-state index is 0.990. The molecular weight excluding hydrogens is 496 g/mol. The van der Waals surface area contributed by atoms with E-state index in [9.17, 15) is 0 Å². The summed E-state index contributed by atoms with van der Waals surface area (Å²) in [7, 11) is 2.10. The van der Waals surface area contributed by atoms with Crippen molar-refractivity contribution in [1.29, 1.82) is 0 Å². The van der Waals surface area contributed by atoms with Gasteiger partial charge in [-0.2, -0.15) is 0 Å². The van der Waals surface area contributed by atoms with Crippen LogP contribution in [0.25, 0.3) is 76.6 Å². The highest BCUT2D eigenvalue weighted by Crippen LogP contribution is 2.43. The second-order valence-electron chi connectivity index (χ2n) is 10.4. The molecule has 0 amide bonds. The van der Waals surface area contributed by atoms with Gasteiger partial charge in [-0.05, 0) is 73.3 Å². The average Bonchev–Trinajstić information content (AvgIpc) is 3.36. The van der Waals surface area contributed by atoms with Gasteiger partial charge in [0.2, 0.25) is 0 Å². The van der Waals surface area contributed by atoms with Crippen LogP contribution in [0.15, 0.2) is 140 Å². The number of hydrogen-bond acceptors (Lipinski definition) is 1. The fraction of sp³-hybridized carbons (Fsp3) is 0.0513. The normalized spacial score (nSPS) is 11.7. The average molecular weight is 527 g/mol. The maximum atomic E-state index is 5.03. The number of allylic oxidation sites excluding steroid dienone is 3. The van der Waals surface area contributed by atoms with Crippen molar-refractivity contribution in [3.8, 4) is 22.5 Å². The van der Waals surface area contributed by atoms with Crippen LogP contribution < -0.4 is 0 Å². The first-order valence-corrected chi connectivity index (χ1v) is 14.0. The van der Waals surface area contributed by atoms with Crippen LogP contribution in [0.5, 0.6) is 0 Å². The second kappa shape index (κ2) is 10.1. The van der Waals surface area contributed by atoms with E-state index in [2.05, 4.69) is 127 Å². The molecule has 0 bridgehead atoms. The number of aryl methyl sites for hydroxylation is 1. The summed E-state index contributed by atoms with van der Waals surface area (Å²) in [5.74, 6) is 0.990. The zero-order chi connectivity index (χ0) is 27.9. The Labute approximate surface area is 239 Å². The fourth-order valence-electron chi connectivity index (χ4n) is 6.25. The number of imidazole rings is 1. The number of rotatable bonds is 3. The van der Waals surface area contributed by atoms with Crippen LogP contribution in [0.1, 0.15) is 6.92 Å². The van der Waals surface area contributed by atoms with E-state index in [0.717, 1.165) is 22.4 Å². The Morgan fingerprint density at radius 2 is 1.29 bits per heavy atom. The zero-order valence-electron chi connectivity index (χ0n) is 23.3. The predicted octanol–water partition coefficient (Wildman–Crippen LogP) is 10.7. The summed E-state index contributed by atoms with van der Waals surface area (Å²) >= 11 is 0. The first kappa shape index (κ1) is 24.8. The van der Waals surface area contributed by atoms with Gasteiger partial charge in [0, 0.05) is 12.6 Å². The molecule has 0 saturated heterocycles. The Kier molecular flexibility index (Phi) is 6.10. The minimum absolute atomic E-state index is 0.990.